The predicted molar refractivity (Wildman–Crippen MR) is 89.1 cm³/mol. The fraction of sp³-hybridized carbons (Fsp3) is 0.167. The fourth-order valence-corrected chi connectivity index (χ4v) is 2.54. The minimum atomic E-state index is -0.246. The molecule has 0 spiro atoms. The lowest BCUT2D eigenvalue weighted by Gasteiger charge is -2.07. The summed E-state index contributed by atoms with van der Waals surface area (Å²) in [6, 6.07) is 15.1. The van der Waals surface area contributed by atoms with Crippen LogP contribution in [0, 0.1) is 6.92 Å². The molecule has 0 aliphatic carbocycles. The zero-order valence-corrected chi connectivity index (χ0v) is 12.8. The molecule has 3 aromatic rings. The highest BCUT2D eigenvalue weighted by Gasteiger charge is 2.10. The molecule has 0 radical (unpaired) electrons. The van der Waals surface area contributed by atoms with Crippen LogP contribution in [0.3, 0.4) is 0 Å². The minimum Gasteiger partial charge on any atom is -0.352 e. The van der Waals surface area contributed by atoms with Crippen molar-refractivity contribution in [1.82, 2.24) is 15.5 Å². The average molecular weight is 307 g/mol. The second-order valence-electron chi connectivity index (χ2n) is 5.49. The van der Waals surface area contributed by atoms with Crippen molar-refractivity contribution in [1.29, 1.82) is 0 Å². The van der Waals surface area contributed by atoms with Crippen molar-refractivity contribution in [3.8, 4) is 0 Å². The molecule has 3 rings (SSSR count). The maximum atomic E-state index is 12.2. The highest BCUT2D eigenvalue weighted by Crippen LogP contribution is 2.12. The predicted octanol–water partition coefficient (Wildman–Crippen LogP) is 2.09. The van der Waals surface area contributed by atoms with Crippen LogP contribution in [0.5, 0.6) is 0 Å². The van der Waals surface area contributed by atoms with Crippen molar-refractivity contribution in [2.24, 2.45) is 0 Å². The topological polar surface area (TPSA) is 74.8 Å². The van der Waals surface area contributed by atoms with Gasteiger partial charge in [-0.25, -0.2) is 5.10 Å². The van der Waals surface area contributed by atoms with Crippen molar-refractivity contribution >= 4 is 16.7 Å². The molecule has 1 amide bonds. The summed E-state index contributed by atoms with van der Waals surface area (Å²) in [6.45, 7) is 2.49. The second kappa shape index (κ2) is 6.44. The number of aromatic nitrogens is 2. The molecule has 0 saturated heterocycles. The van der Waals surface area contributed by atoms with E-state index in [0.29, 0.717) is 23.0 Å². The van der Waals surface area contributed by atoms with Crippen molar-refractivity contribution in [2.45, 2.75) is 19.9 Å². The smallest absolute Gasteiger partial charge is 0.272 e. The SMILES string of the molecule is Cc1cccc(CNC(=O)Cc2n[nH]c(=O)c3ccccc23)c1. The van der Waals surface area contributed by atoms with Crippen LogP contribution >= 0.6 is 0 Å². The van der Waals surface area contributed by atoms with Crippen LogP contribution in [-0.2, 0) is 17.8 Å². The van der Waals surface area contributed by atoms with Gasteiger partial charge in [-0.3, -0.25) is 9.59 Å². The lowest BCUT2D eigenvalue weighted by Crippen LogP contribution is -2.25. The summed E-state index contributed by atoms with van der Waals surface area (Å²) in [4.78, 5) is 23.9. The van der Waals surface area contributed by atoms with Crippen LogP contribution in [0.15, 0.2) is 53.3 Å². The number of aromatic amines is 1. The maximum Gasteiger partial charge on any atom is 0.272 e. The summed E-state index contributed by atoms with van der Waals surface area (Å²) < 4.78 is 0. The summed E-state index contributed by atoms with van der Waals surface area (Å²) >= 11 is 0. The Bertz CT molecular complexity index is 915. The molecule has 2 aromatic carbocycles. The van der Waals surface area contributed by atoms with Gasteiger partial charge in [0.2, 0.25) is 5.91 Å². The van der Waals surface area contributed by atoms with Crippen LogP contribution in [0.1, 0.15) is 16.8 Å². The monoisotopic (exact) mass is 307 g/mol. The molecular weight excluding hydrogens is 290 g/mol. The van der Waals surface area contributed by atoms with Gasteiger partial charge in [-0.2, -0.15) is 5.10 Å². The third-order valence-corrected chi connectivity index (χ3v) is 3.68. The molecule has 1 aromatic heterocycles. The highest BCUT2D eigenvalue weighted by molar-refractivity contribution is 5.88. The van der Waals surface area contributed by atoms with Gasteiger partial charge < -0.3 is 5.32 Å². The van der Waals surface area contributed by atoms with Crippen LogP contribution in [0.4, 0.5) is 0 Å². The number of benzene rings is 2. The van der Waals surface area contributed by atoms with E-state index in [1.54, 1.807) is 18.2 Å². The molecule has 0 saturated carbocycles. The number of H-pyrrole nitrogens is 1. The summed E-state index contributed by atoms with van der Waals surface area (Å²) in [5, 5.41) is 10.6. The van der Waals surface area contributed by atoms with Crippen LogP contribution in [-0.4, -0.2) is 16.1 Å². The largest absolute Gasteiger partial charge is 0.352 e. The molecule has 0 bridgehead atoms. The lowest BCUT2D eigenvalue weighted by atomic mass is 10.1. The number of carbonyl (C=O) groups excluding carboxylic acids is 1. The quantitative estimate of drug-likeness (QED) is 0.775. The first-order valence-electron chi connectivity index (χ1n) is 7.42. The summed E-state index contributed by atoms with van der Waals surface area (Å²) in [5.41, 5.74) is 2.54. The molecule has 1 heterocycles. The molecule has 2 N–H and O–H groups in total. The molecule has 0 aliphatic rings. The molecule has 116 valence electrons. The number of aryl methyl sites for hydroxylation is 1. The van der Waals surface area contributed by atoms with Gasteiger partial charge in [0.05, 0.1) is 17.5 Å². The van der Waals surface area contributed by atoms with E-state index < -0.39 is 0 Å². The Hall–Kier alpha value is -2.95. The van der Waals surface area contributed by atoms with E-state index >= 15 is 0 Å². The molecular formula is C18H17N3O2. The minimum absolute atomic E-state index is 0.128. The van der Waals surface area contributed by atoms with Crippen molar-refractivity contribution < 1.29 is 4.79 Å². The number of amides is 1. The molecule has 0 fully saturated rings. The van der Waals surface area contributed by atoms with E-state index in [1.807, 2.05) is 37.3 Å². The number of hydrogen-bond donors (Lipinski definition) is 2. The molecule has 23 heavy (non-hydrogen) atoms. The van der Waals surface area contributed by atoms with Gasteiger partial charge in [0.25, 0.3) is 5.56 Å². The zero-order valence-electron chi connectivity index (χ0n) is 12.8. The summed E-state index contributed by atoms with van der Waals surface area (Å²) in [7, 11) is 0. The van der Waals surface area contributed by atoms with E-state index in [2.05, 4.69) is 15.5 Å². The highest BCUT2D eigenvalue weighted by atomic mass is 16.1. The molecule has 0 aliphatic heterocycles. The fourth-order valence-electron chi connectivity index (χ4n) is 2.54. The zero-order chi connectivity index (χ0) is 16.2. The van der Waals surface area contributed by atoms with Gasteiger partial charge in [-0.15, -0.1) is 0 Å². The average Bonchev–Trinajstić information content (AvgIpc) is 2.56. The first-order valence-corrected chi connectivity index (χ1v) is 7.42. The number of rotatable bonds is 4. The normalized spacial score (nSPS) is 10.7. The van der Waals surface area contributed by atoms with Crippen LogP contribution in [0.25, 0.3) is 10.8 Å². The van der Waals surface area contributed by atoms with Gasteiger partial charge in [-0.05, 0) is 18.6 Å². The number of nitrogens with zero attached hydrogens (tertiary/aromatic N) is 1. The molecule has 5 nitrogen and oxygen atoms in total. The standard InChI is InChI=1S/C18H17N3O2/c1-12-5-4-6-13(9-12)11-19-17(22)10-16-14-7-2-3-8-15(14)18(23)21-20-16/h2-9H,10-11H2,1H3,(H,19,22)(H,21,23). The Labute approximate surface area is 133 Å². The number of hydrogen-bond acceptors (Lipinski definition) is 3. The van der Waals surface area contributed by atoms with Gasteiger partial charge in [0.15, 0.2) is 0 Å². The van der Waals surface area contributed by atoms with Gasteiger partial charge in [0, 0.05) is 11.9 Å². The van der Waals surface area contributed by atoms with E-state index in [4.69, 9.17) is 0 Å². The summed E-state index contributed by atoms with van der Waals surface area (Å²) in [5.74, 6) is -0.129. The first-order chi connectivity index (χ1) is 11.1. The van der Waals surface area contributed by atoms with Gasteiger partial charge in [-0.1, -0.05) is 48.0 Å². The Morgan fingerprint density at radius 1 is 1.13 bits per heavy atom. The Morgan fingerprint density at radius 2 is 1.91 bits per heavy atom. The third kappa shape index (κ3) is 3.45. The molecule has 5 heteroatoms. The van der Waals surface area contributed by atoms with Crippen molar-refractivity contribution in [3.63, 3.8) is 0 Å². The Kier molecular flexibility index (Phi) is 4.19. The van der Waals surface area contributed by atoms with E-state index in [-0.39, 0.29) is 17.9 Å². The van der Waals surface area contributed by atoms with E-state index in [0.717, 1.165) is 11.1 Å². The Balaban J connectivity index is 1.73. The Morgan fingerprint density at radius 3 is 2.70 bits per heavy atom. The third-order valence-electron chi connectivity index (χ3n) is 3.68. The van der Waals surface area contributed by atoms with E-state index in [1.165, 1.54) is 0 Å². The number of carbonyl (C=O) groups is 1. The van der Waals surface area contributed by atoms with Gasteiger partial charge in [0.1, 0.15) is 0 Å². The van der Waals surface area contributed by atoms with E-state index in [9.17, 15) is 9.59 Å². The van der Waals surface area contributed by atoms with Crippen LogP contribution in [0.2, 0.25) is 0 Å². The maximum absolute atomic E-state index is 12.2. The lowest BCUT2D eigenvalue weighted by molar-refractivity contribution is -0.120. The van der Waals surface area contributed by atoms with Crippen molar-refractivity contribution in [3.05, 3.63) is 75.7 Å². The first kappa shape index (κ1) is 15.0. The molecule has 0 unspecified atom stereocenters. The second-order valence-corrected chi connectivity index (χ2v) is 5.49. The summed E-state index contributed by atoms with van der Waals surface area (Å²) in [6.07, 6.45) is 0.128. The van der Waals surface area contributed by atoms with Gasteiger partial charge >= 0.3 is 0 Å². The van der Waals surface area contributed by atoms with Crippen molar-refractivity contribution in [2.75, 3.05) is 0 Å². The van der Waals surface area contributed by atoms with Crippen LogP contribution < -0.4 is 10.9 Å². The number of nitrogens with one attached hydrogen (secondary N) is 2. The number of fused-ring (bicyclic) bond motifs is 1. The molecule has 0 atom stereocenters.